The van der Waals surface area contributed by atoms with Gasteiger partial charge in [0.25, 0.3) is 0 Å². The van der Waals surface area contributed by atoms with E-state index in [1.165, 1.54) is 12.8 Å². The van der Waals surface area contributed by atoms with Crippen molar-refractivity contribution in [3.8, 4) is 0 Å². The van der Waals surface area contributed by atoms with Crippen LogP contribution >= 0.6 is 0 Å². The fraction of sp³-hybridized carbons (Fsp3) is 0.667. The summed E-state index contributed by atoms with van der Waals surface area (Å²) < 4.78 is 5.67. The average molecular weight is 331 g/mol. The lowest BCUT2D eigenvalue weighted by Gasteiger charge is -2.37. The second kappa shape index (κ2) is 8.87. The Morgan fingerprint density at radius 2 is 2.12 bits per heavy atom. The Bertz CT molecular complexity index is 509. The van der Waals surface area contributed by atoms with Crippen LogP contribution in [0, 0.1) is 5.92 Å². The van der Waals surface area contributed by atoms with Gasteiger partial charge in [0, 0.05) is 59.2 Å². The summed E-state index contributed by atoms with van der Waals surface area (Å²) in [4.78, 5) is 13.5. The van der Waals surface area contributed by atoms with Crippen LogP contribution in [-0.4, -0.2) is 68.8 Å². The SMILES string of the molecule is CN=C(NCCCOCC1CC1)N1CCN(c2ccccn2)CC1. The lowest BCUT2D eigenvalue weighted by atomic mass is 10.3. The fourth-order valence-electron chi connectivity index (χ4n) is 2.93. The zero-order valence-electron chi connectivity index (χ0n) is 14.7. The van der Waals surface area contributed by atoms with Crippen LogP contribution in [0.1, 0.15) is 19.3 Å². The first-order chi connectivity index (χ1) is 11.9. The van der Waals surface area contributed by atoms with Crippen LogP contribution in [0.4, 0.5) is 5.82 Å². The molecule has 1 saturated heterocycles. The first kappa shape index (κ1) is 17.0. The third-order valence-electron chi connectivity index (χ3n) is 4.56. The summed E-state index contributed by atoms with van der Waals surface area (Å²) in [5, 5.41) is 3.46. The smallest absolute Gasteiger partial charge is 0.193 e. The highest BCUT2D eigenvalue weighted by Crippen LogP contribution is 2.28. The summed E-state index contributed by atoms with van der Waals surface area (Å²) in [6.07, 6.45) is 5.60. The van der Waals surface area contributed by atoms with E-state index in [0.717, 1.165) is 70.1 Å². The molecule has 1 aliphatic carbocycles. The summed E-state index contributed by atoms with van der Waals surface area (Å²) in [6.45, 7) is 6.59. The molecule has 2 aliphatic rings. The van der Waals surface area contributed by atoms with Crippen LogP contribution in [0.15, 0.2) is 29.4 Å². The van der Waals surface area contributed by atoms with Gasteiger partial charge in [0.2, 0.25) is 0 Å². The highest BCUT2D eigenvalue weighted by atomic mass is 16.5. The fourth-order valence-corrected chi connectivity index (χ4v) is 2.93. The van der Waals surface area contributed by atoms with E-state index in [1.807, 2.05) is 25.4 Å². The van der Waals surface area contributed by atoms with Gasteiger partial charge in [-0.25, -0.2) is 4.98 Å². The Morgan fingerprint density at radius 3 is 2.79 bits per heavy atom. The number of nitrogens with zero attached hydrogens (tertiary/aromatic N) is 4. The molecule has 1 aliphatic heterocycles. The highest BCUT2D eigenvalue weighted by molar-refractivity contribution is 5.80. The molecule has 6 nitrogen and oxygen atoms in total. The average Bonchev–Trinajstić information content (AvgIpc) is 3.47. The Balaban J connectivity index is 1.34. The summed E-state index contributed by atoms with van der Waals surface area (Å²) in [5.74, 6) is 2.91. The van der Waals surface area contributed by atoms with Crippen molar-refractivity contribution in [2.75, 3.05) is 57.9 Å². The van der Waals surface area contributed by atoms with E-state index in [1.54, 1.807) is 0 Å². The molecule has 0 bridgehead atoms. The van der Waals surface area contributed by atoms with Crippen molar-refractivity contribution in [2.24, 2.45) is 10.9 Å². The van der Waals surface area contributed by atoms with Crippen molar-refractivity contribution in [1.29, 1.82) is 0 Å². The molecule has 1 N–H and O–H groups in total. The number of aliphatic imine (C=N–C) groups is 1. The van der Waals surface area contributed by atoms with Crippen LogP contribution in [-0.2, 0) is 4.74 Å². The van der Waals surface area contributed by atoms with E-state index in [0.29, 0.717) is 0 Å². The maximum absolute atomic E-state index is 5.67. The first-order valence-electron chi connectivity index (χ1n) is 9.06. The Kier molecular flexibility index (Phi) is 6.29. The second-order valence-corrected chi connectivity index (χ2v) is 6.51. The summed E-state index contributed by atoms with van der Waals surface area (Å²) in [6, 6.07) is 6.07. The number of hydrogen-bond acceptors (Lipinski definition) is 4. The Hall–Kier alpha value is -1.82. The Labute approximate surface area is 144 Å². The van der Waals surface area contributed by atoms with Crippen LogP contribution < -0.4 is 10.2 Å². The molecule has 2 fully saturated rings. The number of hydrogen-bond donors (Lipinski definition) is 1. The summed E-state index contributed by atoms with van der Waals surface area (Å²) in [7, 11) is 1.86. The quantitative estimate of drug-likeness (QED) is 0.467. The van der Waals surface area contributed by atoms with E-state index in [-0.39, 0.29) is 0 Å². The van der Waals surface area contributed by atoms with Crippen LogP contribution in [0.2, 0.25) is 0 Å². The highest BCUT2D eigenvalue weighted by Gasteiger charge is 2.21. The third kappa shape index (κ3) is 5.09. The molecule has 3 rings (SSSR count). The molecule has 0 unspecified atom stereocenters. The zero-order chi connectivity index (χ0) is 16.6. The van der Waals surface area contributed by atoms with Crippen molar-refractivity contribution in [3.05, 3.63) is 24.4 Å². The number of aromatic nitrogens is 1. The predicted molar refractivity (Wildman–Crippen MR) is 97.5 cm³/mol. The molecular formula is C18H29N5O. The number of guanidine groups is 1. The molecule has 0 radical (unpaired) electrons. The van der Waals surface area contributed by atoms with Crippen LogP contribution in [0.25, 0.3) is 0 Å². The minimum absolute atomic E-state index is 0.841. The Morgan fingerprint density at radius 1 is 1.29 bits per heavy atom. The van der Waals surface area contributed by atoms with Crippen molar-refractivity contribution in [2.45, 2.75) is 19.3 Å². The minimum Gasteiger partial charge on any atom is -0.381 e. The number of nitrogens with one attached hydrogen (secondary N) is 1. The topological polar surface area (TPSA) is 53.0 Å². The lowest BCUT2D eigenvalue weighted by Crippen LogP contribution is -2.52. The van der Waals surface area contributed by atoms with E-state index in [2.05, 4.69) is 31.2 Å². The monoisotopic (exact) mass is 331 g/mol. The van der Waals surface area contributed by atoms with Crippen LogP contribution in [0.5, 0.6) is 0 Å². The van der Waals surface area contributed by atoms with Crippen molar-refractivity contribution in [3.63, 3.8) is 0 Å². The number of ether oxygens (including phenoxy) is 1. The first-order valence-corrected chi connectivity index (χ1v) is 9.06. The number of piperazine rings is 1. The number of anilines is 1. The van der Waals surface area contributed by atoms with E-state index in [9.17, 15) is 0 Å². The molecule has 6 heteroatoms. The molecule has 2 heterocycles. The molecule has 1 aromatic heterocycles. The van der Waals surface area contributed by atoms with E-state index in [4.69, 9.17) is 4.74 Å². The van der Waals surface area contributed by atoms with Crippen molar-refractivity contribution in [1.82, 2.24) is 15.2 Å². The molecular weight excluding hydrogens is 302 g/mol. The van der Waals surface area contributed by atoms with Gasteiger partial charge in [-0.15, -0.1) is 0 Å². The second-order valence-electron chi connectivity index (χ2n) is 6.51. The predicted octanol–water partition coefficient (Wildman–Crippen LogP) is 1.60. The maximum atomic E-state index is 5.67. The van der Waals surface area contributed by atoms with Gasteiger partial charge in [-0.1, -0.05) is 6.07 Å². The zero-order valence-corrected chi connectivity index (χ0v) is 14.7. The van der Waals surface area contributed by atoms with Gasteiger partial charge in [-0.3, -0.25) is 4.99 Å². The van der Waals surface area contributed by atoms with Gasteiger partial charge < -0.3 is 19.9 Å². The largest absolute Gasteiger partial charge is 0.381 e. The van der Waals surface area contributed by atoms with Gasteiger partial charge in [-0.2, -0.15) is 0 Å². The molecule has 1 saturated carbocycles. The summed E-state index contributed by atoms with van der Waals surface area (Å²) >= 11 is 0. The normalized spacial score (nSPS) is 18.8. The van der Waals surface area contributed by atoms with E-state index < -0.39 is 0 Å². The van der Waals surface area contributed by atoms with Crippen molar-refractivity contribution >= 4 is 11.8 Å². The van der Waals surface area contributed by atoms with Crippen LogP contribution in [0.3, 0.4) is 0 Å². The maximum Gasteiger partial charge on any atom is 0.193 e. The molecule has 0 spiro atoms. The summed E-state index contributed by atoms with van der Waals surface area (Å²) in [5.41, 5.74) is 0. The van der Waals surface area contributed by atoms with Crippen molar-refractivity contribution < 1.29 is 4.74 Å². The lowest BCUT2D eigenvalue weighted by molar-refractivity contribution is 0.122. The molecule has 0 atom stereocenters. The minimum atomic E-state index is 0.841. The van der Waals surface area contributed by atoms with Gasteiger partial charge >= 0.3 is 0 Å². The molecule has 132 valence electrons. The molecule has 1 aromatic rings. The number of rotatable bonds is 7. The van der Waals surface area contributed by atoms with Gasteiger partial charge in [0.15, 0.2) is 5.96 Å². The molecule has 24 heavy (non-hydrogen) atoms. The van der Waals surface area contributed by atoms with Gasteiger partial charge in [0.05, 0.1) is 0 Å². The third-order valence-corrected chi connectivity index (χ3v) is 4.56. The van der Waals surface area contributed by atoms with Gasteiger partial charge in [0.1, 0.15) is 5.82 Å². The molecule has 0 amide bonds. The molecule has 0 aromatic carbocycles. The van der Waals surface area contributed by atoms with Gasteiger partial charge in [-0.05, 0) is 37.3 Å². The van der Waals surface area contributed by atoms with E-state index >= 15 is 0 Å². The number of pyridine rings is 1. The standard InChI is InChI=1S/C18H29N5O/c1-19-18(21-9-4-14-24-15-16-6-7-16)23-12-10-22(11-13-23)17-5-2-3-8-20-17/h2-3,5,8,16H,4,6-7,9-15H2,1H3,(H,19,21).